The van der Waals surface area contributed by atoms with E-state index >= 15 is 0 Å². The van der Waals surface area contributed by atoms with Crippen molar-refractivity contribution in [2.24, 2.45) is 40.4 Å². The van der Waals surface area contributed by atoms with E-state index in [9.17, 15) is 5.11 Å². The lowest BCUT2D eigenvalue weighted by molar-refractivity contribution is -0.0341. The Morgan fingerprint density at radius 3 is 2.60 bits per heavy atom. The fourth-order valence-electron chi connectivity index (χ4n) is 8.28. The highest BCUT2D eigenvalue weighted by Crippen LogP contribution is 2.65. The summed E-state index contributed by atoms with van der Waals surface area (Å²) in [5.74, 6) is 3.58. The van der Waals surface area contributed by atoms with Crippen molar-refractivity contribution in [3.8, 4) is 0 Å². The zero-order valence-electron chi connectivity index (χ0n) is 20.3. The zero-order chi connectivity index (χ0) is 21.7. The van der Waals surface area contributed by atoms with Crippen LogP contribution in [-0.4, -0.2) is 11.2 Å². The Morgan fingerprint density at radius 1 is 1.13 bits per heavy atom. The van der Waals surface area contributed by atoms with Gasteiger partial charge in [-0.05, 0) is 112 Å². The fourth-order valence-corrected chi connectivity index (χ4v) is 8.28. The van der Waals surface area contributed by atoms with Crippen LogP contribution >= 0.6 is 0 Å². The van der Waals surface area contributed by atoms with Gasteiger partial charge < -0.3 is 5.11 Å². The van der Waals surface area contributed by atoms with Gasteiger partial charge in [0.2, 0.25) is 0 Å². The molecule has 2 saturated carbocycles. The first-order valence-electron chi connectivity index (χ1n) is 12.9. The minimum absolute atomic E-state index is 0.0568. The molecule has 0 aliphatic heterocycles. The molecule has 8 atom stereocenters. The molecule has 0 amide bonds. The maximum Gasteiger partial charge on any atom is 0.0543 e. The minimum atomic E-state index is -0.0568. The van der Waals surface area contributed by atoms with Gasteiger partial charge in [0.05, 0.1) is 6.10 Å². The Morgan fingerprint density at radius 2 is 1.90 bits per heavy atom. The van der Waals surface area contributed by atoms with Gasteiger partial charge in [0, 0.05) is 0 Å². The van der Waals surface area contributed by atoms with Crippen LogP contribution < -0.4 is 0 Å². The lowest BCUT2D eigenvalue weighted by atomic mass is 9.47. The van der Waals surface area contributed by atoms with Gasteiger partial charge in [-0.15, -0.1) is 0 Å². The number of rotatable bonds is 6. The van der Waals surface area contributed by atoms with Gasteiger partial charge in [-0.2, -0.15) is 0 Å². The Balaban J connectivity index is 1.50. The molecule has 0 bridgehead atoms. The molecule has 0 aromatic heterocycles. The molecule has 0 heterocycles. The second-order valence-electron chi connectivity index (χ2n) is 12.0. The first kappa shape index (κ1) is 22.4. The molecule has 0 saturated heterocycles. The summed E-state index contributed by atoms with van der Waals surface area (Å²) in [6.45, 7) is 16.4. The van der Waals surface area contributed by atoms with Gasteiger partial charge in [-0.25, -0.2) is 0 Å². The minimum Gasteiger partial charge on any atom is -0.393 e. The summed E-state index contributed by atoms with van der Waals surface area (Å²) >= 11 is 0. The van der Waals surface area contributed by atoms with Crippen LogP contribution in [-0.2, 0) is 0 Å². The van der Waals surface area contributed by atoms with E-state index in [0.717, 1.165) is 24.7 Å². The molecule has 30 heavy (non-hydrogen) atoms. The van der Waals surface area contributed by atoms with Crippen LogP contribution in [0.5, 0.6) is 0 Å². The standard InChI is InChI=1S/C29H46O/c1-7-21(19(2)3)9-8-20(4)25-12-13-26-24-11-10-22-18-23(30)14-16-28(22,5)27(24)15-17-29(25,26)6/h11-12,20-23,26-27,30H,2,7-10,13-18H2,1,3-6H3. The normalized spacial score (nSPS) is 42.3. The largest absolute Gasteiger partial charge is 0.393 e. The summed E-state index contributed by atoms with van der Waals surface area (Å²) in [4.78, 5) is 0. The Hall–Kier alpha value is -0.820. The Kier molecular flexibility index (Phi) is 6.17. The van der Waals surface area contributed by atoms with Crippen molar-refractivity contribution in [2.75, 3.05) is 0 Å². The van der Waals surface area contributed by atoms with Crippen molar-refractivity contribution in [2.45, 2.75) is 105 Å². The van der Waals surface area contributed by atoms with E-state index in [1.165, 1.54) is 56.9 Å². The summed E-state index contributed by atoms with van der Waals surface area (Å²) in [5.41, 5.74) is 5.75. The molecule has 8 unspecified atom stereocenters. The number of fused-ring (bicyclic) bond motifs is 5. The molecule has 1 heteroatoms. The lowest BCUT2D eigenvalue weighted by Gasteiger charge is -2.57. The summed E-state index contributed by atoms with van der Waals surface area (Å²) in [5, 5.41) is 10.3. The molecule has 168 valence electrons. The smallest absolute Gasteiger partial charge is 0.0543 e. The first-order chi connectivity index (χ1) is 14.2. The topological polar surface area (TPSA) is 20.2 Å². The number of allylic oxidation sites excluding steroid dienone is 5. The Labute approximate surface area is 186 Å². The van der Waals surface area contributed by atoms with E-state index in [4.69, 9.17) is 0 Å². The molecule has 0 radical (unpaired) electrons. The van der Waals surface area contributed by atoms with Gasteiger partial charge in [0.25, 0.3) is 0 Å². The van der Waals surface area contributed by atoms with E-state index in [-0.39, 0.29) is 6.10 Å². The van der Waals surface area contributed by atoms with Crippen molar-refractivity contribution >= 4 is 0 Å². The van der Waals surface area contributed by atoms with E-state index in [2.05, 4.69) is 53.3 Å². The monoisotopic (exact) mass is 410 g/mol. The molecular formula is C29H46O. The fraction of sp³-hybridized carbons (Fsp3) is 0.793. The third-order valence-corrected chi connectivity index (χ3v) is 10.4. The van der Waals surface area contributed by atoms with Crippen LogP contribution in [0.25, 0.3) is 0 Å². The average molecular weight is 411 g/mol. The van der Waals surface area contributed by atoms with Crippen molar-refractivity contribution in [3.63, 3.8) is 0 Å². The van der Waals surface area contributed by atoms with Gasteiger partial charge in [0.1, 0.15) is 0 Å². The molecule has 4 aliphatic carbocycles. The Bertz CT molecular complexity index is 729. The quantitative estimate of drug-likeness (QED) is 0.442. The summed E-state index contributed by atoms with van der Waals surface area (Å²) in [6.07, 6.45) is 17.5. The van der Waals surface area contributed by atoms with Crippen LogP contribution in [0, 0.1) is 40.4 Å². The first-order valence-corrected chi connectivity index (χ1v) is 12.9. The highest BCUT2D eigenvalue weighted by molar-refractivity contribution is 5.36. The second-order valence-corrected chi connectivity index (χ2v) is 12.0. The van der Waals surface area contributed by atoms with Gasteiger partial charge in [-0.3, -0.25) is 0 Å². The maximum atomic E-state index is 10.3. The van der Waals surface area contributed by atoms with Crippen LogP contribution in [0.1, 0.15) is 98.8 Å². The zero-order valence-corrected chi connectivity index (χ0v) is 20.3. The molecule has 0 spiro atoms. The maximum absolute atomic E-state index is 10.3. The van der Waals surface area contributed by atoms with E-state index in [1.807, 2.05) is 5.57 Å². The molecule has 4 rings (SSSR count). The molecule has 1 nitrogen and oxygen atoms in total. The van der Waals surface area contributed by atoms with Crippen LogP contribution in [0.2, 0.25) is 0 Å². The molecular weight excluding hydrogens is 364 g/mol. The molecule has 4 aliphatic rings. The molecule has 1 N–H and O–H groups in total. The third kappa shape index (κ3) is 3.58. The highest BCUT2D eigenvalue weighted by Gasteiger charge is 2.56. The number of aliphatic hydroxyl groups excluding tert-OH is 1. The SMILES string of the molecule is C=C(C)C(CC)CCC(C)C1=CCC2C3=CCC4CC(O)CCC4(C)C3CCC12C. The highest BCUT2D eigenvalue weighted by atomic mass is 16.3. The van der Waals surface area contributed by atoms with Crippen molar-refractivity contribution in [1.82, 2.24) is 0 Å². The van der Waals surface area contributed by atoms with Crippen molar-refractivity contribution < 1.29 is 5.11 Å². The number of hydrogen-bond donors (Lipinski definition) is 1. The third-order valence-electron chi connectivity index (χ3n) is 10.4. The predicted octanol–water partition coefficient (Wildman–Crippen LogP) is 7.87. The van der Waals surface area contributed by atoms with Crippen LogP contribution in [0.15, 0.2) is 35.5 Å². The van der Waals surface area contributed by atoms with Crippen LogP contribution in [0.3, 0.4) is 0 Å². The molecule has 0 aromatic rings. The predicted molar refractivity (Wildman–Crippen MR) is 128 cm³/mol. The van der Waals surface area contributed by atoms with Crippen LogP contribution in [0.4, 0.5) is 0 Å². The van der Waals surface area contributed by atoms with E-state index < -0.39 is 0 Å². The van der Waals surface area contributed by atoms with Gasteiger partial charge in [-0.1, -0.05) is 63.1 Å². The van der Waals surface area contributed by atoms with Gasteiger partial charge in [0.15, 0.2) is 0 Å². The molecule has 0 aromatic carbocycles. The van der Waals surface area contributed by atoms with E-state index in [0.29, 0.717) is 28.6 Å². The summed E-state index contributed by atoms with van der Waals surface area (Å²) < 4.78 is 0. The number of hydrogen-bond acceptors (Lipinski definition) is 1. The summed E-state index contributed by atoms with van der Waals surface area (Å²) in [6, 6.07) is 0. The average Bonchev–Trinajstić information content (AvgIpc) is 3.06. The summed E-state index contributed by atoms with van der Waals surface area (Å²) in [7, 11) is 0. The van der Waals surface area contributed by atoms with Crippen molar-refractivity contribution in [1.29, 1.82) is 0 Å². The van der Waals surface area contributed by atoms with E-state index in [1.54, 1.807) is 5.57 Å². The second kappa shape index (κ2) is 8.27. The van der Waals surface area contributed by atoms with Crippen molar-refractivity contribution in [3.05, 3.63) is 35.5 Å². The molecule has 2 fully saturated rings. The lowest BCUT2D eigenvalue weighted by Crippen LogP contribution is -2.49. The van der Waals surface area contributed by atoms with Gasteiger partial charge >= 0.3 is 0 Å². The number of aliphatic hydroxyl groups is 1.